The highest BCUT2D eigenvalue weighted by molar-refractivity contribution is 5.96. The third kappa shape index (κ3) is 2.05. The first-order chi connectivity index (χ1) is 8.04. The van der Waals surface area contributed by atoms with Gasteiger partial charge < -0.3 is 25.8 Å². The van der Waals surface area contributed by atoms with E-state index in [0.29, 0.717) is 0 Å². The van der Waals surface area contributed by atoms with E-state index >= 15 is 0 Å². The number of nitrogens with zero attached hydrogens (tertiary/aromatic N) is 2. The Labute approximate surface area is 96.5 Å². The summed E-state index contributed by atoms with van der Waals surface area (Å²) in [6, 6.07) is -0.577. The molecule has 2 aliphatic heterocycles. The van der Waals surface area contributed by atoms with E-state index in [0.717, 1.165) is 4.90 Å². The van der Waals surface area contributed by atoms with E-state index in [1.165, 1.54) is 0 Å². The molecule has 0 aromatic rings. The first-order valence-electron chi connectivity index (χ1n) is 5.04. The highest BCUT2D eigenvalue weighted by Gasteiger charge is 2.47. The number of amides is 2. The molecule has 9 nitrogen and oxygen atoms in total. The Morgan fingerprint density at radius 3 is 2.76 bits per heavy atom. The van der Waals surface area contributed by atoms with Crippen LogP contribution < -0.4 is 11.1 Å². The molecule has 6 N–H and O–H groups in total. The van der Waals surface area contributed by atoms with Crippen LogP contribution in [0.1, 0.15) is 0 Å². The lowest BCUT2D eigenvalue weighted by Gasteiger charge is -2.31. The minimum atomic E-state index is -1.30. The number of hydrogen-bond acceptors (Lipinski definition) is 7. The summed E-state index contributed by atoms with van der Waals surface area (Å²) in [5.74, 6) is -0.0157. The lowest BCUT2D eigenvalue weighted by molar-refractivity contribution is -0.0787. The second-order valence-electron chi connectivity index (χ2n) is 3.81. The van der Waals surface area contributed by atoms with Gasteiger partial charge in [0.25, 0.3) is 0 Å². The fraction of sp³-hybridized carbons (Fsp3) is 0.750. The number of carbonyl (C=O) groups is 1. The van der Waals surface area contributed by atoms with Crippen LogP contribution in [-0.4, -0.2) is 70.0 Å². The molecule has 4 atom stereocenters. The van der Waals surface area contributed by atoms with Crippen molar-refractivity contribution in [3.8, 4) is 0 Å². The molecule has 0 bridgehead atoms. The second kappa shape index (κ2) is 4.45. The molecule has 0 radical (unpaired) electrons. The Balaban J connectivity index is 2.11. The molecule has 1 fully saturated rings. The molecule has 2 heterocycles. The van der Waals surface area contributed by atoms with Crippen LogP contribution in [0.15, 0.2) is 4.99 Å². The van der Waals surface area contributed by atoms with Crippen molar-refractivity contribution in [3.05, 3.63) is 0 Å². The minimum Gasteiger partial charge on any atom is -0.394 e. The van der Waals surface area contributed by atoms with Crippen molar-refractivity contribution >= 4 is 12.0 Å². The van der Waals surface area contributed by atoms with Crippen molar-refractivity contribution in [1.29, 1.82) is 0 Å². The third-order valence-electron chi connectivity index (χ3n) is 2.71. The zero-order valence-electron chi connectivity index (χ0n) is 8.85. The number of nitrogens with one attached hydrogen (secondary N) is 1. The van der Waals surface area contributed by atoms with Gasteiger partial charge in [0.15, 0.2) is 12.2 Å². The van der Waals surface area contributed by atoms with Crippen molar-refractivity contribution in [1.82, 2.24) is 10.2 Å². The van der Waals surface area contributed by atoms with Gasteiger partial charge in [-0.3, -0.25) is 10.2 Å². The van der Waals surface area contributed by atoms with E-state index in [4.69, 9.17) is 15.6 Å². The molecule has 0 aromatic carbocycles. The van der Waals surface area contributed by atoms with Gasteiger partial charge in [-0.05, 0) is 0 Å². The Morgan fingerprint density at radius 2 is 2.24 bits per heavy atom. The van der Waals surface area contributed by atoms with E-state index in [9.17, 15) is 15.0 Å². The van der Waals surface area contributed by atoms with Crippen LogP contribution in [0.4, 0.5) is 4.79 Å². The van der Waals surface area contributed by atoms with Crippen molar-refractivity contribution in [3.63, 3.8) is 0 Å². The molecule has 2 amide bonds. The Morgan fingerprint density at radius 1 is 1.53 bits per heavy atom. The fourth-order valence-electron chi connectivity index (χ4n) is 1.77. The van der Waals surface area contributed by atoms with Gasteiger partial charge >= 0.3 is 6.03 Å². The molecular formula is C8H14N4O5. The van der Waals surface area contributed by atoms with Crippen LogP contribution >= 0.6 is 0 Å². The maximum atomic E-state index is 11.6. The molecule has 0 aromatic heterocycles. The van der Waals surface area contributed by atoms with E-state index in [-0.39, 0.29) is 12.6 Å². The van der Waals surface area contributed by atoms with Crippen LogP contribution in [0.25, 0.3) is 0 Å². The average molecular weight is 246 g/mol. The largest absolute Gasteiger partial charge is 0.394 e. The molecule has 0 unspecified atom stereocenters. The standard InChI is InChI=1S/C8H14N4O5/c9-7-10-2-12(8(16)11-7)6-5(15)4(14)3(1-13)17-6/h3-6,13-15H,1-2H2,(H3,9,10,11,16)/t3-,4+,5+,6-/m0/s1. The SMILES string of the molecule is NC1=NCN([C@H]2O[C@@H](CO)[C@@H](O)[C@H]2O)C(=O)N1. The summed E-state index contributed by atoms with van der Waals surface area (Å²) < 4.78 is 5.19. The summed E-state index contributed by atoms with van der Waals surface area (Å²) >= 11 is 0. The maximum Gasteiger partial charge on any atom is 0.327 e. The summed E-state index contributed by atoms with van der Waals surface area (Å²) in [5, 5.41) is 30.4. The van der Waals surface area contributed by atoms with Gasteiger partial charge in [0, 0.05) is 0 Å². The lowest BCUT2D eigenvalue weighted by atomic mass is 10.1. The number of hydrogen-bond donors (Lipinski definition) is 5. The van der Waals surface area contributed by atoms with Crippen molar-refractivity contribution < 1.29 is 24.9 Å². The molecular weight excluding hydrogens is 232 g/mol. The summed E-state index contributed by atoms with van der Waals surface area (Å²) in [5.41, 5.74) is 5.30. The van der Waals surface area contributed by atoms with Gasteiger partial charge in [0.2, 0.25) is 0 Å². The quantitative estimate of drug-likeness (QED) is 0.346. The fourth-order valence-corrected chi connectivity index (χ4v) is 1.77. The summed E-state index contributed by atoms with van der Waals surface area (Å²) in [7, 11) is 0. The molecule has 0 saturated carbocycles. The van der Waals surface area contributed by atoms with Crippen LogP contribution in [-0.2, 0) is 4.74 Å². The van der Waals surface area contributed by atoms with Gasteiger partial charge in [0.05, 0.1) is 6.61 Å². The van der Waals surface area contributed by atoms with Gasteiger partial charge in [-0.2, -0.15) is 0 Å². The predicted molar refractivity (Wildman–Crippen MR) is 54.6 cm³/mol. The number of ether oxygens (including phenoxy) is 1. The summed E-state index contributed by atoms with van der Waals surface area (Å²) in [4.78, 5) is 16.4. The Kier molecular flexibility index (Phi) is 3.15. The normalized spacial score (nSPS) is 37.9. The van der Waals surface area contributed by atoms with E-state index in [1.54, 1.807) is 0 Å². The van der Waals surface area contributed by atoms with Gasteiger partial charge in [0.1, 0.15) is 25.0 Å². The summed E-state index contributed by atoms with van der Waals surface area (Å²) in [6.07, 6.45) is -4.53. The first kappa shape index (κ1) is 12.0. The monoisotopic (exact) mass is 246 g/mol. The van der Waals surface area contributed by atoms with Crippen molar-refractivity contribution in [2.75, 3.05) is 13.3 Å². The highest BCUT2D eigenvalue weighted by Crippen LogP contribution is 2.24. The van der Waals surface area contributed by atoms with E-state index in [1.807, 2.05) is 0 Å². The molecule has 0 aliphatic carbocycles. The number of aliphatic hydroxyl groups is 3. The Hall–Kier alpha value is -1.42. The van der Waals surface area contributed by atoms with E-state index in [2.05, 4.69) is 10.3 Å². The molecule has 2 aliphatic rings. The number of carbonyl (C=O) groups excluding carboxylic acids is 1. The van der Waals surface area contributed by atoms with E-state index < -0.39 is 37.2 Å². The number of guanidine groups is 1. The predicted octanol–water partition coefficient (Wildman–Crippen LogP) is -3.28. The summed E-state index contributed by atoms with van der Waals surface area (Å²) in [6.45, 7) is -0.528. The zero-order valence-corrected chi connectivity index (χ0v) is 8.85. The Bertz CT molecular complexity index is 349. The molecule has 0 spiro atoms. The minimum absolute atomic E-state index is 0.0157. The number of aliphatic hydroxyl groups excluding tert-OH is 3. The molecule has 96 valence electrons. The molecule has 1 saturated heterocycles. The third-order valence-corrected chi connectivity index (χ3v) is 2.71. The number of nitrogens with two attached hydrogens (primary N) is 1. The lowest BCUT2D eigenvalue weighted by Crippen LogP contribution is -2.56. The second-order valence-corrected chi connectivity index (χ2v) is 3.81. The smallest absolute Gasteiger partial charge is 0.327 e. The zero-order chi connectivity index (χ0) is 12.6. The van der Waals surface area contributed by atoms with Crippen molar-refractivity contribution in [2.24, 2.45) is 10.7 Å². The number of aliphatic imine (C=N–C) groups is 1. The van der Waals surface area contributed by atoms with Gasteiger partial charge in [-0.15, -0.1) is 0 Å². The number of urea groups is 1. The number of rotatable bonds is 2. The molecule has 9 heteroatoms. The highest BCUT2D eigenvalue weighted by atomic mass is 16.6. The molecule has 2 rings (SSSR count). The van der Waals surface area contributed by atoms with Gasteiger partial charge in [-0.25, -0.2) is 9.79 Å². The average Bonchev–Trinajstić information content (AvgIpc) is 2.57. The van der Waals surface area contributed by atoms with Gasteiger partial charge in [-0.1, -0.05) is 0 Å². The van der Waals surface area contributed by atoms with Crippen LogP contribution in [0.3, 0.4) is 0 Å². The van der Waals surface area contributed by atoms with Crippen LogP contribution in [0, 0.1) is 0 Å². The van der Waals surface area contributed by atoms with Crippen LogP contribution in [0.5, 0.6) is 0 Å². The topological polar surface area (TPSA) is 141 Å². The van der Waals surface area contributed by atoms with Crippen LogP contribution in [0.2, 0.25) is 0 Å². The van der Waals surface area contributed by atoms with Crippen molar-refractivity contribution in [2.45, 2.75) is 24.5 Å². The first-order valence-corrected chi connectivity index (χ1v) is 5.04. The maximum absolute atomic E-state index is 11.6. The molecule has 17 heavy (non-hydrogen) atoms.